The molecule has 1 fully saturated rings. The lowest BCUT2D eigenvalue weighted by Crippen LogP contribution is -2.41. The number of halogens is 3. The Labute approximate surface area is 162 Å². The predicted molar refractivity (Wildman–Crippen MR) is 103 cm³/mol. The molecule has 0 aliphatic carbocycles. The van der Waals surface area contributed by atoms with Gasteiger partial charge >= 0.3 is 13.3 Å². The molecule has 1 aliphatic rings. The number of alkyl halides is 3. The van der Waals surface area contributed by atoms with Crippen LogP contribution in [0, 0.1) is 6.92 Å². The van der Waals surface area contributed by atoms with E-state index in [-0.39, 0.29) is 16.4 Å². The number of benzene rings is 1. The first-order valence-corrected chi connectivity index (χ1v) is 9.59. The van der Waals surface area contributed by atoms with E-state index in [1.165, 1.54) is 19.9 Å². The zero-order valence-electron chi connectivity index (χ0n) is 16.4. The molecule has 1 aromatic carbocycles. The molecule has 0 bridgehead atoms. The van der Waals surface area contributed by atoms with Crippen molar-refractivity contribution in [3.05, 3.63) is 40.4 Å². The van der Waals surface area contributed by atoms with E-state index < -0.39 is 30.1 Å². The number of carbonyl (C=O) groups excluding carboxylic acids is 1. The van der Waals surface area contributed by atoms with Crippen LogP contribution in [0.3, 0.4) is 0 Å². The second-order valence-corrected chi connectivity index (χ2v) is 8.81. The lowest BCUT2D eigenvalue weighted by molar-refractivity contribution is -0.138. The van der Waals surface area contributed by atoms with Crippen LogP contribution in [0.25, 0.3) is 6.08 Å². The van der Waals surface area contributed by atoms with Gasteiger partial charge in [0.2, 0.25) is 0 Å². The van der Waals surface area contributed by atoms with Crippen LogP contribution in [0.15, 0.2) is 23.7 Å². The van der Waals surface area contributed by atoms with E-state index in [2.05, 4.69) is 0 Å². The molecule has 8 heteroatoms. The summed E-state index contributed by atoms with van der Waals surface area (Å²) in [7, 11) is -0.725. The fraction of sp³-hybridized carbons (Fsp3) is 0.526. The summed E-state index contributed by atoms with van der Waals surface area (Å²) in [6.07, 6.45) is -2.81. The predicted octanol–water partition coefficient (Wildman–Crippen LogP) is 5.31. The summed E-state index contributed by atoms with van der Waals surface area (Å²) in [5, 5.41) is -0.0858. The Balaban J connectivity index is 2.42. The summed E-state index contributed by atoms with van der Waals surface area (Å²) >= 11 is 1.07. The van der Waals surface area contributed by atoms with Crippen LogP contribution < -0.4 is 0 Å². The molecular formula is C19H24BF3O3S. The van der Waals surface area contributed by atoms with E-state index in [9.17, 15) is 18.0 Å². The molecule has 0 unspecified atom stereocenters. The highest BCUT2D eigenvalue weighted by molar-refractivity contribution is 8.13. The van der Waals surface area contributed by atoms with Gasteiger partial charge in [0.25, 0.3) is 0 Å². The topological polar surface area (TPSA) is 35.5 Å². The first kappa shape index (κ1) is 22.0. The molecular weight excluding hydrogens is 376 g/mol. The van der Waals surface area contributed by atoms with Crippen molar-refractivity contribution in [2.24, 2.45) is 0 Å². The molecule has 0 saturated carbocycles. The molecule has 1 heterocycles. The Morgan fingerprint density at radius 3 is 2.22 bits per heavy atom. The number of hydrogen-bond acceptors (Lipinski definition) is 4. The largest absolute Gasteiger partial charge is 0.491 e. The van der Waals surface area contributed by atoms with Crippen molar-refractivity contribution in [3.8, 4) is 0 Å². The smallest absolute Gasteiger partial charge is 0.400 e. The molecule has 0 atom stereocenters. The summed E-state index contributed by atoms with van der Waals surface area (Å²) in [5.74, 6) is 0.279. The molecule has 2 rings (SSSR count). The van der Waals surface area contributed by atoms with Gasteiger partial charge in [-0.15, -0.1) is 0 Å². The monoisotopic (exact) mass is 400 g/mol. The zero-order valence-corrected chi connectivity index (χ0v) is 17.2. The summed E-state index contributed by atoms with van der Waals surface area (Å²) < 4.78 is 51.6. The van der Waals surface area contributed by atoms with E-state index in [1.54, 1.807) is 12.1 Å². The number of hydrogen-bond donors (Lipinski definition) is 0. The third-order valence-corrected chi connectivity index (χ3v) is 5.80. The van der Waals surface area contributed by atoms with Crippen molar-refractivity contribution in [1.82, 2.24) is 0 Å². The highest BCUT2D eigenvalue weighted by atomic mass is 32.2. The second-order valence-electron chi connectivity index (χ2n) is 7.66. The maximum absolute atomic E-state index is 13.2. The maximum atomic E-state index is 13.2. The SMILES string of the molecule is CC(=O)SCC(=Cc1ccc(C)c(C(F)(F)F)c1)B1OC(C)(C)C(C)(C)O1. The highest BCUT2D eigenvalue weighted by Crippen LogP contribution is 2.40. The summed E-state index contributed by atoms with van der Waals surface area (Å²) in [6, 6.07) is 4.17. The van der Waals surface area contributed by atoms with Gasteiger partial charge in [0.15, 0.2) is 5.12 Å². The second kappa shape index (κ2) is 7.64. The maximum Gasteiger partial charge on any atom is 0.491 e. The summed E-state index contributed by atoms with van der Waals surface area (Å²) in [5.41, 5.74) is -0.671. The van der Waals surface area contributed by atoms with Crippen LogP contribution >= 0.6 is 11.8 Å². The van der Waals surface area contributed by atoms with Gasteiger partial charge in [-0.05, 0) is 57.3 Å². The Morgan fingerprint density at radius 1 is 1.19 bits per heavy atom. The van der Waals surface area contributed by atoms with E-state index >= 15 is 0 Å². The standard InChI is InChI=1S/C19H24BF3O3S/c1-12-7-8-14(10-16(12)19(21,22)23)9-15(11-27-13(2)24)20-25-17(3,4)18(5,6)26-20/h7-10H,11H2,1-6H3. The van der Waals surface area contributed by atoms with Gasteiger partial charge in [-0.25, -0.2) is 0 Å². The average molecular weight is 400 g/mol. The molecule has 3 nitrogen and oxygen atoms in total. The minimum atomic E-state index is -4.42. The van der Waals surface area contributed by atoms with E-state index in [0.717, 1.165) is 17.8 Å². The first-order chi connectivity index (χ1) is 12.2. The highest BCUT2D eigenvalue weighted by Gasteiger charge is 2.52. The minimum Gasteiger partial charge on any atom is -0.400 e. The molecule has 27 heavy (non-hydrogen) atoms. The van der Waals surface area contributed by atoms with Crippen LogP contribution in [0.4, 0.5) is 13.2 Å². The fourth-order valence-corrected chi connectivity index (χ4v) is 3.20. The van der Waals surface area contributed by atoms with Crippen molar-refractivity contribution >= 4 is 30.1 Å². The van der Waals surface area contributed by atoms with Gasteiger partial charge in [-0.3, -0.25) is 4.79 Å². The van der Waals surface area contributed by atoms with Gasteiger partial charge in [0, 0.05) is 12.7 Å². The molecule has 0 N–H and O–H groups in total. The first-order valence-electron chi connectivity index (χ1n) is 8.60. The van der Waals surface area contributed by atoms with Gasteiger partial charge in [-0.1, -0.05) is 30.0 Å². The third-order valence-electron chi connectivity index (χ3n) is 4.92. The van der Waals surface area contributed by atoms with E-state index in [1.807, 2.05) is 27.7 Å². The van der Waals surface area contributed by atoms with Crippen LogP contribution in [0.1, 0.15) is 51.3 Å². The molecule has 0 amide bonds. The van der Waals surface area contributed by atoms with Gasteiger partial charge < -0.3 is 9.31 Å². The summed E-state index contributed by atoms with van der Waals surface area (Å²) in [6.45, 7) is 10.5. The Bertz CT molecular complexity index is 741. The van der Waals surface area contributed by atoms with Crippen molar-refractivity contribution in [2.45, 2.75) is 58.9 Å². The molecule has 1 aliphatic heterocycles. The third kappa shape index (κ3) is 5.18. The van der Waals surface area contributed by atoms with Crippen molar-refractivity contribution in [1.29, 1.82) is 0 Å². The molecule has 1 aromatic rings. The Morgan fingerprint density at radius 2 is 1.74 bits per heavy atom. The van der Waals surface area contributed by atoms with E-state index in [4.69, 9.17) is 9.31 Å². The molecule has 0 spiro atoms. The number of thioether (sulfide) groups is 1. The summed E-state index contributed by atoms with van der Waals surface area (Å²) in [4.78, 5) is 11.4. The van der Waals surface area contributed by atoms with E-state index in [0.29, 0.717) is 11.0 Å². The Kier molecular flexibility index (Phi) is 6.24. The minimum absolute atomic E-state index is 0.0858. The molecule has 1 saturated heterocycles. The van der Waals surface area contributed by atoms with Gasteiger partial charge in [0.05, 0.1) is 16.8 Å². The lowest BCUT2D eigenvalue weighted by atomic mass is 9.78. The Hall–Kier alpha value is -1.25. The number of rotatable bonds is 4. The van der Waals surface area contributed by atoms with Crippen molar-refractivity contribution in [3.63, 3.8) is 0 Å². The number of aryl methyl sites for hydroxylation is 1. The molecule has 0 aromatic heterocycles. The average Bonchev–Trinajstić information content (AvgIpc) is 2.72. The molecule has 148 valence electrons. The lowest BCUT2D eigenvalue weighted by Gasteiger charge is -2.32. The van der Waals surface area contributed by atoms with Crippen molar-refractivity contribution < 1.29 is 27.3 Å². The van der Waals surface area contributed by atoms with Crippen LogP contribution in [0.5, 0.6) is 0 Å². The normalized spacial score (nSPS) is 19.4. The quantitative estimate of drug-likeness (QED) is 0.642. The van der Waals surface area contributed by atoms with Gasteiger partial charge in [0.1, 0.15) is 0 Å². The van der Waals surface area contributed by atoms with Gasteiger partial charge in [-0.2, -0.15) is 13.2 Å². The molecule has 0 radical (unpaired) electrons. The fourth-order valence-electron chi connectivity index (χ4n) is 2.61. The number of carbonyl (C=O) groups is 1. The van der Waals surface area contributed by atoms with Crippen LogP contribution in [0.2, 0.25) is 0 Å². The van der Waals surface area contributed by atoms with Crippen LogP contribution in [-0.2, 0) is 20.3 Å². The zero-order chi connectivity index (χ0) is 20.6. The van der Waals surface area contributed by atoms with Crippen molar-refractivity contribution in [2.75, 3.05) is 5.75 Å². The van der Waals surface area contributed by atoms with Crippen LogP contribution in [-0.4, -0.2) is 29.2 Å².